The quantitative estimate of drug-likeness (QED) is 0.838. The molecule has 0 spiro atoms. The van der Waals surface area contributed by atoms with Crippen LogP contribution in [0.4, 0.5) is 0 Å². The Kier molecular flexibility index (Phi) is 3.97. The summed E-state index contributed by atoms with van der Waals surface area (Å²) in [7, 11) is 0. The molecule has 0 radical (unpaired) electrons. The first kappa shape index (κ1) is 12.7. The van der Waals surface area contributed by atoms with Crippen molar-refractivity contribution < 1.29 is 9.73 Å². The molecule has 3 nitrogen and oxygen atoms in total. The van der Waals surface area contributed by atoms with Crippen molar-refractivity contribution in [2.24, 2.45) is 0 Å². The lowest BCUT2D eigenvalue weighted by Crippen LogP contribution is -2.71. The zero-order valence-corrected chi connectivity index (χ0v) is 11.4. The second-order valence-corrected chi connectivity index (χ2v) is 4.89. The highest BCUT2D eigenvalue weighted by atomic mass is 16.5. The van der Waals surface area contributed by atoms with E-state index >= 15 is 0 Å². The van der Waals surface area contributed by atoms with Crippen molar-refractivity contribution in [2.45, 2.75) is 6.42 Å². The molecule has 0 aliphatic carbocycles. The predicted molar refractivity (Wildman–Crippen MR) is 80.0 cm³/mol. The number of rotatable bonds is 5. The van der Waals surface area contributed by atoms with E-state index in [1.165, 1.54) is 11.1 Å². The van der Waals surface area contributed by atoms with Crippen LogP contribution in [-0.2, 0) is 6.42 Å². The maximum Gasteiger partial charge on any atom is 0.281 e. The fourth-order valence-electron chi connectivity index (χ4n) is 2.35. The van der Waals surface area contributed by atoms with Crippen LogP contribution in [0.2, 0.25) is 0 Å². The number of ether oxygens (including phenoxy) is 1. The van der Waals surface area contributed by atoms with Crippen LogP contribution in [0.15, 0.2) is 54.6 Å². The van der Waals surface area contributed by atoms with Gasteiger partial charge in [-0.25, -0.2) is 0 Å². The van der Waals surface area contributed by atoms with Gasteiger partial charge in [0.2, 0.25) is 0 Å². The molecule has 0 unspecified atom stereocenters. The molecule has 0 amide bonds. The van der Waals surface area contributed by atoms with E-state index in [0.29, 0.717) is 6.61 Å². The van der Waals surface area contributed by atoms with E-state index in [4.69, 9.17) is 4.74 Å². The molecule has 0 saturated carbocycles. The van der Waals surface area contributed by atoms with Crippen LogP contribution in [-0.4, -0.2) is 25.5 Å². The van der Waals surface area contributed by atoms with E-state index in [2.05, 4.69) is 46.7 Å². The van der Waals surface area contributed by atoms with Crippen LogP contribution in [0.1, 0.15) is 11.1 Å². The summed E-state index contributed by atoms with van der Waals surface area (Å²) in [6, 6.07) is 18.7. The Labute approximate surface area is 119 Å². The molecular weight excluding hydrogens is 248 g/mol. The van der Waals surface area contributed by atoms with Gasteiger partial charge >= 0.3 is 0 Å². The molecule has 2 N–H and O–H groups in total. The Balaban J connectivity index is 1.71. The van der Waals surface area contributed by atoms with Gasteiger partial charge in [0.1, 0.15) is 18.8 Å². The molecule has 0 fully saturated rings. The van der Waals surface area contributed by atoms with Crippen molar-refractivity contribution in [1.29, 1.82) is 0 Å². The zero-order chi connectivity index (χ0) is 13.6. The maximum atomic E-state index is 5.93. The smallest absolute Gasteiger partial charge is 0.281 e. The first-order valence-corrected chi connectivity index (χ1v) is 7.00. The highest BCUT2D eigenvalue weighted by molar-refractivity contribution is 5.78. The van der Waals surface area contributed by atoms with Crippen molar-refractivity contribution in [3.05, 3.63) is 65.7 Å². The minimum atomic E-state index is 0.575. The van der Waals surface area contributed by atoms with Gasteiger partial charge in [-0.05, 0) is 17.2 Å². The van der Waals surface area contributed by atoms with Crippen LogP contribution >= 0.6 is 0 Å². The normalized spacial score (nSPS) is 13.7. The van der Waals surface area contributed by atoms with Crippen LogP contribution < -0.4 is 15.0 Å². The SMILES string of the molecule is c1ccc(Cc2ccccc2OCC2=[NH+]CCN2)cc1. The fourth-order valence-corrected chi connectivity index (χ4v) is 2.35. The molecule has 3 rings (SSSR count). The van der Waals surface area contributed by atoms with Gasteiger partial charge < -0.3 is 4.74 Å². The van der Waals surface area contributed by atoms with Gasteiger partial charge in [-0.3, -0.25) is 10.3 Å². The summed E-state index contributed by atoms with van der Waals surface area (Å²) < 4.78 is 5.93. The van der Waals surface area contributed by atoms with Crippen LogP contribution in [0, 0.1) is 0 Å². The first-order chi connectivity index (χ1) is 9.92. The van der Waals surface area contributed by atoms with Crippen molar-refractivity contribution >= 4 is 5.84 Å². The van der Waals surface area contributed by atoms with E-state index in [1.807, 2.05) is 18.2 Å². The molecule has 0 saturated heterocycles. The number of hydrogen-bond acceptors (Lipinski definition) is 2. The summed E-state index contributed by atoms with van der Waals surface area (Å²) >= 11 is 0. The molecule has 3 heteroatoms. The molecular formula is C17H19N2O+. The Morgan fingerprint density at radius 2 is 1.80 bits per heavy atom. The number of nitrogens with one attached hydrogen (secondary N) is 2. The third kappa shape index (κ3) is 3.18. The summed E-state index contributed by atoms with van der Waals surface area (Å²) in [6.45, 7) is 2.53. The number of benzene rings is 2. The standard InChI is InChI=1S/C17H18N2O/c1-2-6-14(7-3-1)12-15-8-4-5-9-16(15)20-13-17-18-10-11-19-17/h1-9H,10-13H2,(H,18,19)/p+1. The predicted octanol–water partition coefficient (Wildman–Crippen LogP) is 0.738. The molecule has 2 aromatic rings. The van der Waals surface area contributed by atoms with Crippen molar-refractivity contribution in [2.75, 3.05) is 19.7 Å². The molecule has 1 aliphatic heterocycles. The van der Waals surface area contributed by atoms with Gasteiger partial charge in [-0.2, -0.15) is 0 Å². The first-order valence-electron chi connectivity index (χ1n) is 7.00. The van der Waals surface area contributed by atoms with Gasteiger partial charge in [-0.1, -0.05) is 48.5 Å². The minimum absolute atomic E-state index is 0.575. The summed E-state index contributed by atoms with van der Waals surface area (Å²) in [5.74, 6) is 2.03. The zero-order valence-electron chi connectivity index (χ0n) is 11.4. The largest absolute Gasteiger partial charge is 0.481 e. The lowest BCUT2D eigenvalue weighted by atomic mass is 10.0. The average Bonchev–Trinajstić information content (AvgIpc) is 3.01. The molecule has 1 heterocycles. The lowest BCUT2D eigenvalue weighted by Gasteiger charge is -2.10. The Hall–Kier alpha value is -2.29. The Morgan fingerprint density at radius 1 is 1.00 bits per heavy atom. The number of hydrogen-bond donors (Lipinski definition) is 2. The van der Waals surface area contributed by atoms with E-state index in [1.54, 1.807) is 0 Å². The molecule has 0 atom stereocenters. The van der Waals surface area contributed by atoms with Gasteiger partial charge in [0.05, 0.1) is 0 Å². The summed E-state index contributed by atoms with van der Waals surface area (Å²) in [6.07, 6.45) is 0.896. The van der Waals surface area contributed by atoms with Crippen molar-refractivity contribution in [3.63, 3.8) is 0 Å². The highest BCUT2D eigenvalue weighted by Crippen LogP contribution is 2.21. The fraction of sp³-hybridized carbons (Fsp3) is 0.235. The second kappa shape index (κ2) is 6.24. The van der Waals surface area contributed by atoms with Crippen LogP contribution in [0.3, 0.4) is 0 Å². The molecule has 20 heavy (non-hydrogen) atoms. The molecule has 0 aromatic heterocycles. The van der Waals surface area contributed by atoms with Crippen molar-refractivity contribution in [1.82, 2.24) is 5.32 Å². The van der Waals surface area contributed by atoms with E-state index in [-0.39, 0.29) is 0 Å². The summed E-state index contributed by atoms with van der Waals surface area (Å²) in [4.78, 5) is 3.28. The molecule has 2 aromatic carbocycles. The van der Waals surface area contributed by atoms with E-state index in [9.17, 15) is 0 Å². The monoisotopic (exact) mass is 267 g/mol. The van der Waals surface area contributed by atoms with Gasteiger partial charge in [-0.15, -0.1) is 0 Å². The topological polar surface area (TPSA) is 35.2 Å². The highest BCUT2D eigenvalue weighted by Gasteiger charge is 2.13. The Bertz CT molecular complexity index is 593. The summed E-state index contributed by atoms with van der Waals surface area (Å²) in [5, 5.41) is 3.28. The number of amidine groups is 1. The lowest BCUT2D eigenvalue weighted by molar-refractivity contribution is -0.446. The van der Waals surface area contributed by atoms with Crippen LogP contribution in [0.5, 0.6) is 5.75 Å². The van der Waals surface area contributed by atoms with Gasteiger partial charge in [0.25, 0.3) is 5.84 Å². The molecule has 0 bridgehead atoms. The molecule has 102 valence electrons. The van der Waals surface area contributed by atoms with E-state index < -0.39 is 0 Å². The second-order valence-electron chi connectivity index (χ2n) is 4.89. The van der Waals surface area contributed by atoms with Crippen LogP contribution in [0.25, 0.3) is 0 Å². The third-order valence-corrected chi connectivity index (χ3v) is 3.38. The maximum absolute atomic E-state index is 5.93. The van der Waals surface area contributed by atoms with Crippen molar-refractivity contribution in [3.8, 4) is 5.75 Å². The minimum Gasteiger partial charge on any atom is -0.481 e. The number of para-hydroxylation sites is 1. The Morgan fingerprint density at radius 3 is 2.60 bits per heavy atom. The summed E-state index contributed by atoms with van der Waals surface area (Å²) in [5.41, 5.74) is 2.52. The molecule has 1 aliphatic rings. The van der Waals surface area contributed by atoms with Gasteiger partial charge in [0.15, 0.2) is 6.61 Å². The third-order valence-electron chi connectivity index (χ3n) is 3.38. The van der Waals surface area contributed by atoms with E-state index in [0.717, 1.165) is 31.1 Å². The van der Waals surface area contributed by atoms with Gasteiger partial charge in [0, 0.05) is 6.42 Å². The average molecular weight is 267 g/mol.